The molecule has 0 bridgehead atoms. The van der Waals surface area contributed by atoms with Crippen molar-refractivity contribution in [2.24, 2.45) is 0 Å². The van der Waals surface area contributed by atoms with Crippen LogP contribution in [0.25, 0.3) is 0 Å². The number of aromatic nitrogens is 4. The van der Waals surface area contributed by atoms with Gasteiger partial charge in [0, 0.05) is 35.4 Å². The molecule has 0 saturated heterocycles. The monoisotopic (exact) mass is 622 g/mol. The summed E-state index contributed by atoms with van der Waals surface area (Å²) in [7, 11) is 0. The number of aryl methyl sites for hydroxylation is 2. The molecule has 0 aliphatic carbocycles. The summed E-state index contributed by atoms with van der Waals surface area (Å²) < 4.78 is 14.2. The van der Waals surface area contributed by atoms with Crippen LogP contribution in [-0.4, -0.2) is 32.3 Å². The van der Waals surface area contributed by atoms with Gasteiger partial charge >= 0.3 is 11.4 Å². The van der Waals surface area contributed by atoms with E-state index in [1.165, 1.54) is 9.13 Å². The summed E-state index contributed by atoms with van der Waals surface area (Å²) in [4.78, 5) is 55.1. The normalized spacial score (nSPS) is 10.6. The van der Waals surface area contributed by atoms with Gasteiger partial charge in [-0.3, -0.25) is 28.7 Å². The number of nitrogens with one attached hydrogen (secondary N) is 2. The highest BCUT2D eigenvalue weighted by molar-refractivity contribution is 5.34. The summed E-state index contributed by atoms with van der Waals surface area (Å²) in [5.74, 6) is 11.0. The molecule has 0 fully saturated rings. The molecule has 10 nitrogen and oxygen atoms in total. The van der Waals surface area contributed by atoms with Crippen LogP contribution in [-0.2, 0) is 48.6 Å². The summed E-state index contributed by atoms with van der Waals surface area (Å²) in [6.45, 7) is 7.61. The van der Waals surface area contributed by atoms with Crippen molar-refractivity contribution in [2.45, 2.75) is 66.8 Å². The molecular weight excluding hydrogens is 584 g/mol. The highest BCUT2D eigenvalue weighted by Gasteiger charge is 2.16. The van der Waals surface area contributed by atoms with E-state index in [4.69, 9.17) is 9.47 Å². The number of nitrogens with zero attached hydrogens (tertiary/aromatic N) is 2. The van der Waals surface area contributed by atoms with Crippen molar-refractivity contribution < 1.29 is 9.47 Å². The van der Waals surface area contributed by atoms with Gasteiger partial charge in [0.05, 0.1) is 0 Å². The van der Waals surface area contributed by atoms with E-state index in [1.54, 1.807) is 0 Å². The Hall–Kier alpha value is -5.16. The van der Waals surface area contributed by atoms with Crippen LogP contribution < -0.4 is 22.5 Å². The third-order valence-corrected chi connectivity index (χ3v) is 7.80. The fourth-order valence-electron chi connectivity index (χ4n) is 5.23. The molecule has 0 radical (unpaired) electrons. The van der Waals surface area contributed by atoms with Gasteiger partial charge in [0.2, 0.25) is 0 Å². The minimum atomic E-state index is -0.537. The lowest BCUT2D eigenvalue weighted by molar-refractivity contribution is 0.0977. The van der Waals surface area contributed by atoms with Gasteiger partial charge in [0.25, 0.3) is 11.1 Å². The molecule has 4 aromatic rings. The zero-order valence-electron chi connectivity index (χ0n) is 26.6. The zero-order chi connectivity index (χ0) is 33.1. The van der Waals surface area contributed by atoms with Gasteiger partial charge < -0.3 is 9.47 Å². The van der Waals surface area contributed by atoms with Gasteiger partial charge in [-0.1, -0.05) is 74.2 Å². The van der Waals surface area contributed by atoms with Crippen molar-refractivity contribution in [1.29, 1.82) is 0 Å². The average molecular weight is 623 g/mol. The second-order valence-corrected chi connectivity index (χ2v) is 10.7. The summed E-state index contributed by atoms with van der Waals surface area (Å²) in [5, 5.41) is 0. The van der Waals surface area contributed by atoms with Gasteiger partial charge in [-0.15, -0.1) is 0 Å². The van der Waals surface area contributed by atoms with Crippen LogP contribution in [0.4, 0.5) is 0 Å². The van der Waals surface area contributed by atoms with Crippen LogP contribution in [0.2, 0.25) is 0 Å². The van der Waals surface area contributed by atoms with Gasteiger partial charge in [-0.05, 0) is 60.8 Å². The largest absolute Gasteiger partial charge is 0.348 e. The molecule has 0 atom stereocenters. The van der Waals surface area contributed by atoms with Gasteiger partial charge in [-0.2, -0.15) is 0 Å². The molecule has 2 N–H and O–H groups in total. The summed E-state index contributed by atoms with van der Waals surface area (Å²) in [5.41, 5.74) is 4.65. The highest BCUT2D eigenvalue weighted by Crippen LogP contribution is 2.16. The molecule has 238 valence electrons. The van der Waals surface area contributed by atoms with E-state index in [9.17, 15) is 19.2 Å². The Morgan fingerprint density at radius 2 is 1.02 bits per heavy atom. The fourth-order valence-corrected chi connectivity index (χ4v) is 5.23. The molecular formula is C36H38N4O6. The third kappa shape index (κ3) is 8.30. The van der Waals surface area contributed by atoms with Crippen molar-refractivity contribution in [3.8, 4) is 23.7 Å². The molecule has 0 unspecified atom stereocenters. The van der Waals surface area contributed by atoms with Crippen molar-refractivity contribution in [1.82, 2.24) is 19.1 Å². The number of aromatic amines is 2. The molecule has 0 aliphatic rings. The minimum absolute atomic E-state index is 0.0151. The topological polar surface area (TPSA) is 128 Å². The Bertz CT molecular complexity index is 1910. The highest BCUT2D eigenvalue weighted by atomic mass is 16.5. The van der Waals surface area contributed by atoms with Crippen molar-refractivity contribution in [3.63, 3.8) is 0 Å². The smallest absolute Gasteiger partial charge is 0.330 e. The first-order valence-electron chi connectivity index (χ1n) is 15.1. The Morgan fingerprint density at radius 1 is 0.630 bits per heavy atom. The lowest BCUT2D eigenvalue weighted by Gasteiger charge is -2.16. The molecule has 46 heavy (non-hydrogen) atoms. The van der Waals surface area contributed by atoms with Gasteiger partial charge in [0.15, 0.2) is 0 Å². The average Bonchev–Trinajstić information content (AvgIpc) is 3.02. The van der Waals surface area contributed by atoms with Crippen LogP contribution >= 0.6 is 0 Å². The number of hydrogen-bond acceptors (Lipinski definition) is 6. The summed E-state index contributed by atoms with van der Waals surface area (Å²) in [6, 6.07) is 15.7. The van der Waals surface area contributed by atoms with Gasteiger partial charge in [-0.25, -0.2) is 9.59 Å². The third-order valence-electron chi connectivity index (χ3n) is 7.80. The van der Waals surface area contributed by atoms with E-state index in [0.717, 1.165) is 22.3 Å². The summed E-state index contributed by atoms with van der Waals surface area (Å²) in [6.07, 6.45) is 1.79. The molecule has 2 aromatic carbocycles. The SMILES string of the molecule is CCc1c(Cc2ccccc2C)n(COCC#CC#CCOCn2c(Cc3ccccc3C)c(CC)c(=O)[nH]c2=O)c(=O)[nH]c1=O. The van der Waals surface area contributed by atoms with E-state index in [-0.39, 0.29) is 37.8 Å². The van der Waals surface area contributed by atoms with E-state index in [2.05, 4.69) is 33.6 Å². The molecule has 0 spiro atoms. The minimum Gasteiger partial charge on any atom is -0.348 e. The quantitative estimate of drug-likeness (QED) is 0.185. The van der Waals surface area contributed by atoms with E-state index in [1.807, 2.05) is 76.2 Å². The lowest BCUT2D eigenvalue weighted by Crippen LogP contribution is -2.36. The second-order valence-electron chi connectivity index (χ2n) is 10.7. The first-order chi connectivity index (χ1) is 22.2. The Kier molecular flexibility index (Phi) is 11.9. The van der Waals surface area contributed by atoms with Gasteiger partial charge in [0.1, 0.15) is 26.7 Å². The Balaban J connectivity index is 1.37. The molecule has 2 aromatic heterocycles. The number of hydrogen-bond donors (Lipinski definition) is 2. The van der Waals surface area contributed by atoms with E-state index < -0.39 is 11.4 Å². The molecule has 10 heteroatoms. The molecule has 2 heterocycles. The number of ether oxygens (including phenoxy) is 2. The van der Waals surface area contributed by atoms with Crippen LogP contribution in [0.5, 0.6) is 0 Å². The Morgan fingerprint density at radius 3 is 1.39 bits per heavy atom. The summed E-state index contributed by atoms with van der Waals surface area (Å²) >= 11 is 0. The van der Waals surface area contributed by atoms with E-state index >= 15 is 0 Å². The predicted molar refractivity (Wildman–Crippen MR) is 177 cm³/mol. The van der Waals surface area contributed by atoms with E-state index in [0.29, 0.717) is 48.2 Å². The number of H-pyrrole nitrogens is 2. The number of rotatable bonds is 12. The Labute approximate surface area is 267 Å². The number of benzene rings is 2. The maximum atomic E-state index is 12.7. The fraction of sp³-hybridized carbons (Fsp3) is 0.333. The zero-order valence-corrected chi connectivity index (χ0v) is 26.6. The first-order valence-corrected chi connectivity index (χ1v) is 15.1. The maximum Gasteiger partial charge on any atom is 0.330 e. The second kappa shape index (κ2) is 16.2. The van der Waals surface area contributed by atoms with Crippen molar-refractivity contribution >= 4 is 0 Å². The molecule has 0 amide bonds. The molecule has 0 saturated carbocycles. The van der Waals surface area contributed by atoms with Crippen LogP contribution in [0.3, 0.4) is 0 Å². The molecule has 0 aliphatic heterocycles. The maximum absolute atomic E-state index is 12.7. The molecule has 4 rings (SSSR count). The van der Waals surface area contributed by atoms with Crippen molar-refractivity contribution in [2.75, 3.05) is 13.2 Å². The van der Waals surface area contributed by atoms with Crippen LogP contribution in [0, 0.1) is 37.5 Å². The standard InChI is InChI=1S/C36H38N4O6/c1-5-29-31(21-27-17-11-9-15-25(27)3)39(35(43)37-33(29)41)23-45-19-13-7-8-14-20-46-24-40-32(22-28-18-12-10-16-26(28)4)30(6-2)34(42)38-36(40)44/h9-12,15-18H,5-6,19-24H2,1-4H3,(H,37,41,43)(H,38,42,44). The predicted octanol–water partition coefficient (Wildman–Crippen LogP) is 2.97. The lowest BCUT2D eigenvalue weighted by atomic mass is 10.0. The van der Waals surface area contributed by atoms with Crippen LogP contribution in [0.15, 0.2) is 67.7 Å². The van der Waals surface area contributed by atoms with Crippen LogP contribution in [0.1, 0.15) is 58.6 Å². The first kappa shape index (κ1) is 33.7. The van der Waals surface area contributed by atoms with Crippen molar-refractivity contribution in [3.05, 3.63) is 135 Å².